The summed E-state index contributed by atoms with van der Waals surface area (Å²) in [5.41, 5.74) is 17.0. The number of hydrogen-bond acceptors (Lipinski definition) is 7. The lowest BCUT2D eigenvalue weighted by Crippen LogP contribution is -2.45. The summed E-state index contributed by atoms with van der Waals surface area (Å²) in [6.45, 7) is 1.85. The summed E-state index contributed by atoms with van der Waals surface area (Å²) in [6.07, 6.45) is 4.63. The minimum atomic E-state index is -0.459. The third kappa shape index (κ3) is 4.63. The molecule has 0 saturated carbocycles. The highest BCUT2D eigenvalue weighted by Gasteiger charge is 2.46. The molecule has 2 heterocycles. The Labute approximate surface area is 210 Å². The summed E-state index contributed by atoms with van der Waals surface area (Å²) in [5.74, 6) is 6.28. The van der Waals surface area contributed by atoms with Gasteiger partial charge in [0.25, 0.3) is 0 Å². The smallest absolute Gasteiger partial charge is 0.248 e. The van der Waals surface area contributed by atoms with E-state index in [2.05, 4.69) is 56.3 Å². The summed E-state index contributed by atoms with van der Waals surface area (Å²) >= 11 is 0. The molecule has 3 aromatic rings. The van der Waals surface area contributed by atoms with E-state index < -0.39 is 5.91 Å². The van der Waals surface area contributed by atoms with Crippen molar-refractivity contribution in [2.75, 3.05) is 29.9 Å². The molecule has 184 valence electrons. The Morgan fingerprint density at radius 1 is 1.17 bits per heavy atom. The highest BCUT2D eigenvalue weighted by molar-refractivity contribution is 5.93. The summed E-state index contributed by atoms with van der Waals surface area (Å²) in [6, 6.07) is 15.5. The maximum Gasteiger partial charge on any atom is 0.248 e. The Hall–Kier alpha value is -3.93. The lowest BCUT2D eigenvalue weighted by atomic mass is 9.73. The number of nitrogens with zero attached hydrogens (tertiary/aromatic N) is 3. The van der Waals surface area contributed by atoms with E-state index >= 15 is 0 Å². The van der Waals surface area contributed by atoms with Crippen molar-refractivity contribution in [3.8, 4) is 11.8 Å². The van der Waals surface area contributed by atoms with Gasteiger partial charge < -0.3 is 26.8 Å². The third-order valence-corrected chi connectivity index (χ3v) is 7.39. The number of nitrogens with one attached hydrogen (secondary N) is 1. The van der Waals surface area contributed by atoms with Crippen LogP contribution in [0, 0.1) is 17.3 Å². The van der Waals surface area contributed by atoms with Crippen LogP contribution in [0.2, 0.25) is 0 Å². The average molecular weight is 483 g/mol. The number of carbonyl (C=O) groups excluding carboxylic acids is 1. The zero-order valence-electron chi connectivity index (χ0n) is 20.1. The molecule has 1 fully saturated rings. The Kier molecular flexibility index (Phi) is 6.59. The van der Waals surface area contributed by atoms with Crippen molar-refractivity contribution in [1.82, 2.24) is 9.97 Å². The maximum absolute atomic E-state index is 11.2. The minimum Gasteiger partial charge on any atom is -0.390 e. The lowest BCUT2D eigenvalue weighted by molar-refractivity contribution is 0.100. The van der Waals surface area contributed by atoms with Crippen molar-refractivity contribution in [1.29, 1.82) is 0 Å². The maximum atomic E-state index is 11.2. The lowest BCUT2D eigenvalue weighted by Gasteiger charge is -2.42. The molecule has 8 nitrogen and oxygen atoms in total. The Balaban J connectivity index is 1.21. The fraction of sp³-hybridized carbons (Fsp3) is 0.321. The van der Waals surface area contributed by atoms with E-state index in [1.807, 2.05) is 0 Å². The molecular weight excluding hydrogens is 452 g/mol. The zero-order valence-corrected chi connectivity index (χ0v) is 20.1. The normalized spacial score (nSPS) is 17.8. The van der Waals surface area contributed by atoms with Gasteiger partial charge in [0.2, 0.25) is 5.91 Å². The number of nitrogens with two attached hydrogens (primary N) is 2. The number of aliphatic hydroxyl groups is 1. The zero-order chi connectivity index (χ0) is 25.1. The Bertz CT molecular complexity index is 1320. The number of aromatic nitrogens is 2. The standard InChI is InChI=1S/C28H30N6O2/c29-25-23-6-2-1-4-20(23)16-28(25)11-14-34(15-12-28)27-24(18-35)33-22(17-32-27)5-3-13-31-21-9-7-19(8-10-21)26(30)36/h1-2,4,6-10,17,25,31,35H,11-16,18,29H2,(H2,30,36)/t25-/m1/s1. The molecule has 0 unspecified atom stereocenters. The first kappa shape index (κ1) is 23.8. The van der Waals surface area contributed by atoms with E-state index in [1.165, 1.54) is 11.1 Å². The highest BCUT2D eigenvalue weighted by atomic mass is 16.3. The first-order valence-electron chi connectivity index (χ1n) is 12.2. The van der Waals surface area contributed by atoms with E-state index in [9.17, 15) is 9.90 Å². The molecule has 0 bridgehead atoms. The largest absolute Gasteiger partial charge is 0.390 e. The van der Waals surface area contributed by atoms with Crippen LogP contribution in [0.25, 0.3) is 0 Å². The Morgan fingerprint density at radius 3 is 2.61 bits per heavy atom. The van der Waals surface area contributed by atoms with Gasteiger partial charge >= 0.3 is 0 Å². The molecule has 5 rings (SSSR count). The van der Waals surface area contributed by atoms with Gasteiger partial charge in [0, 0.05) is 30.4 Å². The molecule has 2 aliphatic rings. The van der Waals surface area contributed by atoms with Crippen LogP contribution in [-0.2, 0) is 13.0 Å². The van der Waals surface area contributed by atoms with E-state index in [4.69, 9.17) is 11.5 Å². The number of piperidine rings is 1. The summed E-state index contributed by atoms with van der Waals surface area (Å²) < 4.78 is 0. The second kappa shape index (κ2) is 9.97. The topological polar surface area (TPSA) is 130 Å². The average Bonchev–Trinajstić information content (AvgIpc) is 3.18. The predicted octanol–water partition coefficient (Wildman–Crippen LogP) is 2.37. The van der Waals surface area contributed by atoms with Crippen molar-refractivity contribution in [3.05, 3.63) is 82.8 Å². The van der Waals surface area contributed by atoms with E-state index in [0.717, 1.165) is 43.9 Å². The monoisotopic (exact) mass is 482 g/mol. The number of benzene rings is 2. The van der Waals surface area contributed by atoms with Gasteiger partial charge in [-0.1, -0.05) is 30.2 Å². The Morgan fingerprint density at radius 2 is 1.92 bits per heavy atom. The van der Waals surface area contributed by atoms with Crippen LogP contribution in [0.3, 0.4) is 0 Å². The first-order valence-corrected chi connectivity index (χ1v) is 12.2. The van der Waals surface area contributed by atoms with Crippen molar-refractivity contribution < 1.29 is 9.90 Å². The SMILES string of the molecule is NC(=O)c1ccc(NCC#Cc2cnc(N3CCC4(CC3)Cc3ccccc3[C@H]4N)c(CO)n2)cc1. The number of anilines is 2. The van der Waals surface area contributed by atoms with Gasteiger partial charge in [0.1, 0.15) is 11.4 Å². The number of amides is 1. The van der Waals surface area contributed by atoms with Crippen molar-refractivity contribution in [3.63, 3.8) is 0 Å². The van der Waals surface area contributed by atoms with Crippen molar-refractivity contribution in [2.45, 2.75) is 31.9 Å². The van der Waals surface area contributed by atoms with Gasteiger partial charge in [-0.05, 0) is 66.0 Å². The van der Waals surface area contributed by atoms with E-state index in [-0.39, 0.29) is 18.1 Å². The quantitative estimate of drug-likeness (QED) is 0.411. The molecule has 1 aliphatic carbocycles. The molecule has 1 aliphatic heterocycles. The van der Waals surface area contributed by atoms with Gasteiger partial charge in [-0.25, -0.2) is 9.97 Å². The predicted molar refractivity (Wildman–Crippen MR) is 139 cm³/mol. The molecule has 2 aromatic carbocycles. The number of aliphatic hydroxyl groups excluding tert-OH is 1. The summed E-state index contributed by atoms with van der Waals surface area (Å²) in [4.78, 5) is 22.5. The molecule has 1 amide bonds. The van der Waals surface area contributed by atoms with Gasteiger partial charge in [0.15, 0.2) is 5.82 Å². The first-order chi connectivity index (χ1) is 17.5. The molecular formula is C28H30N6O2. The van der Waals surface area contributed by atoms with Gasteiger partial charge in [-0.2, -0.15) is 0 Å². The van der Waals surface area contributed by atoms with Crippen molar-refractivity contribution >= 4 is 17.4 Å². The molecule has 1 saturated heterocycles. The van der Waals surface area contributed by atoms with Crippen LogP contribution in [0.5, 0.6) is 0 Å². The molecule has 6 N–H and O–H groups in total. The van der Waals surface area contributed by atoms with Crippen molar-refractivity contribution in [2.24, 2.45) is 16.9 Å². The number of hydrogen-bond donors (Lipinski definition) is 4. The van der Waals surface area contributed by atoms with Gasteiger partial charge in [-0.3, -0.25) is 4.79 Å². The molecule has 1 spiro atoms. The molecule has 1 aromatic heterocycles. The fourth-order valence-electron chi connectivity index (χ4n) is 5.35. The van der Waals surface area contributed by atoms with Crippen LogP contribution in [0.1, 0.15) is 51.8 Å². The molecule has 8 heteroatoms. The molecule has 36 heavy (non-hydrogen) atoms. The fourth-order valence-corrected chi connectivity index (χ4v) is 5.35. The summed E-state index contributed by atoms with van der Waals surface area (Å²) in [7, 11) is 0. The highest BCUT2D eigenvalue weighted by Crippen LogP contribution is 2.50. The van der Waals surface area contributed by atoms with Gasteiger partial charge in [-0.15, -0.1) is 0 Å². The van der Waals surface area contributed by atoms with Crippen LogP contribution < -0.4 is 21.7 Å². The van der Waals surface area contributed by atoms with Crippen LogP contribution >= 0.6 is 0 Å². The third-order valence-electron chi connectivity index (χ3n) is 7.39. The molecule has 0 radical (unpaired) electrons. The van der Waals surface area contributed by atoms with E-state index in [1.54, 1.807) is 30.5 Å². The number of rotatable bonds is 5. The molecule has 1 atom stereocenters. The van der Waals surface area contributed by atoms with E-state index in [0.29, 0.717) is 23.5 Å². The second-order valence-electron chi connectivity index (χ2n) is 9.48. The van der Waals surface area contributed by atoms with Gasteiger partial charge in [0.05, 0.1) is 19.3 Å². The number of carbonyl (C=O) groups is 1. The second-order valence-corrected chi connectivity index (χ2v) is 9.48. The van der Waals surface area contributed by atoms with Crippen LogP contribution in [0.4, 0.5) is 11.5 Å². The number of primary amides is 1. The minimum absolute atomic E-state index is 0.0617. The summed E-state index contributed by atoms with van der Waals surface area (Å²) in [5, 5.41) is 13.1. The van der Waals surface area contributed by atoms with Crippen LogP contribution in [-0.4, -0.2) is 40.6 Å². The van der Waals surface area contributed by atoms with Crippen LogP contribution in [0.15, 0.2) is 54.7 Å². The number of fused-ring (bicyclic) bond motifs is 1.